The molecule has 3 atom stereocenters. The molecule has 0 bridgehead atoms. The van der Waals surface area contributed by atoms with Gasteiger partial charge in [-0.2, -0.15) is 4.98 Å². The SMILES string of the molecule is CC(c1noc(CC2CCCCC2O)n1)S(C)(=O)=O. The van der Waals surface area contributed by atoms with E-state index in [0.717, 1.165) is 31.9 Å². The highest BCUT2D eigenvalue weighted by Crippen LogP contribution is 2.27. The largest absolute Gasteiger partial charge is 0.393 e. The van der Waals surface area contributed by atoms with Crippen molar-refractivity contribution in [2.24, 2.45) is 5.92 Å². The van der Waals surface area contributed by atoms with Gasteiger partial charge in [0, 0.05) is 12.7 Å². The van der Waals surface area contributed by atoms with E-state index in [1.54, 1.807) is 6.92 Å². The molecule has 1 aromatic rings. The second-order valence-electron chi connectivity index (χ2n) is 5.33. The standard InChI is InChI=1S/C12H20N2O4S/c1-8(19(2,16)17)12-13-11(18-14-12)7-9-5-3-4-6-10(9)15/h8-10,15H,3-7H2,1-2H3. The van der Waals surface area contributed by atoms with E-state index in [9.17, 15) is 13.5 Å². The molecule has 0 aromatic carbocycles. The summed E-state index contributed by atoms with van der Waals surface area (Å²) in [5.74, 6) is 0.745. The Morgan fingerprint density at radius 1 is 1.42 bits per heavy atom. The molecule has 0 aliphatic heterocycles. The molecule has 0 saturated heterocycles. The average molecular weight is 288 g/mol. The minimum atomic E-state index is -3.22. The maximum atomic E-state index is 11.4. The highest BCUT2D eigenvalue weighted by atomic mass is 32.2. The van der Waals surface area contributed by atoms with Crippen molar-refractivity contribution >= 4 is 9.84 Å². The van der Waals surface area contributed by atoms with E-state index in [0.29, 0.717) is 12.3 Å². The van der Waals surface area contributed by atoms with E-state index < -0.39 is 15.1 Å². The summed E-state index contributed by atoms with van der Waals surface area (Å²) in [7, 11) is -3.22. The Balaban J connectivity index is 2.05. The van der Waals surface area contributed by atoms with Crippen molar-refractivity contribution < 1.29 is 18.0 Å². The van der Waals surface area contributed by atoms with Gasteiger partial charge in [-0.05, 0) is 25.7 Å². The Morgan fingerprint density at radius 2 is 2.11 bits per heavy atom. The summed E-state index contributed by atoms with van der Waals surface area (Å²) in [6.45, 7) is 1.54. The molecule has 3 unspecified atom stereocenters. The third-order valence-corrected chi connectivity index (χ3v) is 5.29. The quantitative estimate of drug-likeness (QED) is 0.896. The lowest BCUT2D eigenvalue weighted by Gasteiger charge is -2.26. The highest BCUT2D eigenvalue weighted by molar-refractivity contribution is 7.90. The smallest absolute Gasteiger partial charge is 0.227 e. The van der Waals surface area contributed by atoms with E-state index in [1.807, 2.05) is 0 Å². The number of aliphatic hydroxyl groups is 1. The monoisotopic (exact) mass is 288 g/mol. The van der Waals surface area contributed by atoms with Gasteiger partial charge in [-0.15, -0.1) is 0 Å². The van der Waals surface area contributed by atoms with Crippen LogP contribution in [0.5, 0.6) is 0 Å². The molecule has 0 amide bonds. The zero-order valence-corrected chi connectivity index (χ0v) is 12.1. The zero-order chi connectivity index (χ0) is 14.0. The lowest BCUT2D eigenvalue weighted by atomic mass is 9.84. The van der Waals surface area contributed by atoms with Crippen molar-refractivity contribution in [1.29, 1.82) is 0 Å². The first-order valence-electron chi connectivity index (χ1n) is 6.57. The molecule has 1 aliphatic rings. The molecule has 19 heavy (non-hydrogen) atoms. The van der Waals surface area contributed by atoms with Gasteiger partial charge in [-0.1, -0.05) is 18.0 Å². The van der Waals surface area contributed by atoms with E-state index >= 15 is 0 Å². The second kappa shape index (κ2) is 5.58. The molecule has 2 rings (SSSR count). The fourth-order valence-corrected chi connectivity index (χ4v) is 2.84. The van der Waals surface area contributed by atoms with Crippen LogP contribution in [0.2, 0.25) is 0 Å². The maximum Gasteiger partial charge on any atom is 0.227 e. The van der Waals surface area contributed by atoms with Gasteiger partial charge in [0.25, 0.3) is 0 Å². The first-order valence-corrected chi connectivity index (χ1v) is 8.53. The summed E-state index contributed by atoms with van der Waals surface area (Å²) in [6.07, 6.45) is 5.26. The lowest BCUT2D eigenvalue weighted by Crippen LogP contribution is -2.26. The zero-order valence-electron chi connectivity index (χ0n) is 11.2. The van der Waals surface area contributed by atoms with Crippen molar-refractivity contribution in [2.75, 3.05) is 6.26 Å². The summed E-state index contributed by atoms with van der Waals surface area (Å²) < 4.78 is 27.9. The van der Waals surface area contributed by atoms with Gasteiger partial charge in [0.2, 0.25) is 5.89 Å². The minimum Gasteiger partial charge on any atom is -0.393 e. The van der Waals surface area contributed by atoms with Crippen LogP contribution in [-0.2, 0) is 16.3 Å². The first-order chi connectivity index (χ1) is 8.88. The molecule has 1 aliphatic carbocycles. The number of aromatic nitrogens is 2. The summed E-state index contributed by atoms with van der Waals surface area (Å²) in [4.78, 5) is 4.14. The Morgan fingerprint density at radius 3 is 2.74 bits per heavy atom. The third kappa shape index (κ3) is 3.54. The van der Waals surface area contributed by atoms with Gasteiger partial charge in [0.05, 0.1) is 6.10 Å². The van der Waals surface area contributed by atoms with E-state index in [-0.39, 0.29) is 17.8 Å². The van der Waals surface area contributed by atoms with E-state index in [4.69, 9.17) is 4.52 Å². The van der Waals surface area contributed by atoms with Crippen LogP contribution in [-0.4, -0.2) is 36.0 Å². The maximum absolute atomic E-state index is 11.4. The molecule has 1 N–H and O–H groups in total. The van der Waals surface area contributed by atoms with Crippen LogP contribution in [0.15, 0.2) is 4.52 Å². The minimum absolute atomic E-state index is 0.135. The van der Waals surface area contributed by atoms with Crippen LogP contribution in [0.3, 0.4) is 0 Å². The number of sulfone groups is 1. The average Bonchev–Trinajstić information content (AvgIpc) is 2.78. The number of aliphatic hydroxyl groups excluding tert-OH is 1. The van der Waals surface area contributed by atoms with Crippen molar-refractivity contribution in [2.45, 2.75) is 50.4 Å². The molecule has 108 valence electrons. The van der Waals surface area contributed by atoms with Gasteiger partial charge in [0.15, 0.2) is 15.7 Å². The van der Waals surface area contributed by atoms with Crippen molar-refractivity contribution in [3.05, 3.63) is 11.7 Å². The molecule has 1 aromatic heterocycles. The van der Waals surface area contributed by atoms with Crippen molar-refractivity contribution in [3.63, 3.8) is 0 Å². The normalized spacial score (nSPS) is 26.3. The highest BCUT2D eigenvalue weighted by Gasteiger charge is 2.27. The van der Waals surface area contributed by atoms with Crippen LogP contribution < -0.4 is 0 Å². The van der Waals surface area contributed by atoms with Crippen molar-refractivity contribution in [3.8, 4) is 0 Å². The van der Waals surface area contributed by atoms with Crippen LogP contribution in [0.25, 0.3) is 0 Å². The van der Waals surface area contributed by atoms with Gasteiger partial charge in [-0.25, -0.2) is 8.42 Å². The Hall–Kier alpha value is -0.950. The van der Waals surface area contributed by atoms with Gasteiger partial charge >= 0.3 is 0 Å². The molecular formula is C12H20N2O4S. The third-order valence-electron chi connectivity index (χ3n) is 3.80. The van der Waals surface area contributed by atoms with Crippen LogP contribution in [0.1, 0.15) is 49.6 Å². The van der Waals surface area contributed by atoms with Crippen LogP contribution in [0, 0.1) is 5.92 Å². The molecule has 0 radical (unpaired) electrons. The predicted molar refractivity (Wildman–Crippen MR) is 69.2 cm³/mol. The summed E-state index contributed by atoms with van der Waals surface area (Å²) in [6, 6.07) is 0. The molecular weight excluding hydrogens is 268 g/mol. The van der Waals surface area contributed by atoms with Crippen LogP contribution in [0.4, 0.5) is 0 Å². The summed E-state index contributed by atoms with van der Waals surface area (Å²) in [5, 5.41) is 12.9. The van der Waals surface area contributed by atoms with Gasteiger partial charge in [0.1, 0.15) is 5.25 Å². The molecule has 7 heteroatoms. The Labute approximate surface area is 113 Å². The number of hydrogen-bond donors (Lipinski definition) is 1. The van der Waals surface area contributed by atoms with Gasteiger partial charge in [-0.3, -0.25) is 0 Å². The number of rotatable bonds is 4. The second-order valence-corrected chi connectivity index (χ2v) is 7.70. The molecule has 1 heterocycles. The first kappa shape index (κ1) is 14.5. The number of nitrogens with zero attached hydrogens (tertiary/aromatic N) is 2. The fourth-order valence-electron chi connectivity index (χ4n) is 2.36. The fraction of sp³-hybridized carbons (Fsp3) is 0.833. The van der Waals surface area contributed by atoms with E-state index in [2.05, 4.69) is 10.1 Å². The van der Waals surface area contributed by atoms with Crippen molar-refractivity contribution in [1.82, 2.24) is 10.1 Å². The van der Waals surface area contributed by atoms with Gasteiger partial charge < -0.3 is 9.63 Å². The van der Waals surface area contributed by atoms with E-state index in [1.165, 1.54) is 0 Å². The molecule has 1 saturated carbocycles. The lowest BCUT2D eigenvalue weighted by molar-refractivity contribution is 0.0657. The summed E-state index contributed by atoms with van der Waals surface area (Å²) in [5.41, 5.74) is 0. The summed E-state index contributed by atoms with van der Waals surface area (Å²) >= 11 is 0. The topological polar surface area (TPSA) is 93.3 Å². The molecule has 0 spiro atoms. The van der Waals surface area contributed by atoms with Crippen LogP contribution >= 0.6 is 0 Å². The number of hydrogen-bond acceptors (Lipinski definition) is 6. The Kier molecular flexibility index (Phi) is 4.25. The molecule has 6 nitrogen and oxygen atoms in total. The Bertz CT molecular complexity index is 526. The molecule has 1 fully saturated rings. The predicted octanol–water partition coefficient (Wildman–Crippen LogP) is 1.27.